The van der Waals surface area contributed by atoms with Crippen LogP contribution < -0.4 is 10.2 Å². The zero-order valence-electron chi connectivity index (χ0n) is 11.0. The summed E-state index contributed by atoms with van der Waals surface area (Å²) < 4.78 is 0. The first kappa shape index (κ1) is 13.8. The highest BCUT2D eigenvalue weighted by molar-refractivity contribution is 5.87. The highest BCUT2D eigenvalue weighted by Crippen LogP contribution is 2.28. The van der Waals surface area contributed by atoms with E-state index in [4.69, 9.17) is 0 Å². The van der Waals surface area contributed by atoms with Gasteiger partial charge in [0.25, 0.3) is 5.69 Å². The second kappa shape index (κ2) is 5.57. The monoisotopic (exact) mass is 274 g/mol. The maximum absolute atomic E-state index is 11.8. The molecule has 1 aliphatic rings. The molecule has 1 unspecified atom stereocenters. The van der Waals surface area contributed by atoms with E-state index in [1.807, 2.05) is 17.9 Å². The van der Waals surface area contributed by atoms with Crippen LogP contribution in [0.25, 0.3) is 0 Å². The lowest BCUT2D eigenvalue weighted by atomic mass is 10.1. The lowest BCUT2D eigenvalue weighted by Crippen LogP contribution is -2.55. The fourth-order valence-corrected chi connectivity index (χ4v) is 2.39. The lowest BCUT2D eigenvalue weighted by molar-refractivity contribution is -0.384. The number of rotatable bonds is 3. The summed E-state index contributed by atoms with van der Waals surface area (Å²) in [6.07, 6.45) is 0.605. The van der Waals surface area contributed by atoms with Gasteiger partial charge in [0.1, 0.15) is 12.1 Å². The van der Waals surface area contributed by atoms with Crippen LogP contribution in [0, 0.1) is 21.4 Å². The second-order valence-electron chi connectivity index (χ2n) is 4.48. The first-order valence-electron chi connectivity index (χ1n) is 6.31. The van der Waals surface area contributed by atoms with Crippen LogP contribution in [0.1, 0.15) is 18.9 Å². The van der Waals surface area contributed by atoms with Crippen LogP contribution in [0.15, 0.2) is 18.2 Å². The molecule has 1 atom stereocenters. The van der Waals surface area contributed by atoms with Crippen molar-refractivity contribution in [3.63, 3.8) is 0 Å². The van der Waals surface area contributed by atoms with Crippen LogP contribution in [-0.2, 0) is 4.79 Å². The number of non-ortho nitro benzene ring substituents is 1. The molecule has 0 aromatic heterocycles. The third kappa shape index (κ3) is 2.40. The number of anilines is 1. The van der Waals surface area contributed by atoms with Gasteiger partial charge >= 0.3 is 0 Å². The van der Waals surface area contributed by atoms with Gasteiger partial charge in [0, 0.05) is 25.2 Å². The van der Waals surface area contributed by atoms with Crippen molar-refractivity contribution in [1.82, 2.24) is 5.32 Å². The Balaban J connectivity index is 2.43. The van der Waals surface area contributed by atoms with Crippen molar-refractivity contribution in [2.24, 2.45) is 0 Å². The second-order valence-corrected chi connectivity index (χ2v) is 4.48. The van der Waals surface area contributed by atoms with E-state index < -0.39 is 4.92 Å². The van der Waals surface area contributed by atoms with E-state index in [2.05, 4.69) is 5.32 Å². The zero-order chi connectivity index (χ0) is 14.7. The van der Waals surface area contributed by atoms with Gasteiger partial charge < -0.3 is 10.2 Å². The first-order chi connectivity index (χ1) is 9.58. The van der Waals surface area contributed by atoms with Crippen molar-refractivity contribution >= 4 is 17.3 Å². The molecule has 104 valence electrons. The van der Waals surface area contributed by atoms with E-state index in [1.54, 1.807) is 0 Å². The number of hydrogen-bond donors (Lipinski definition) is 1. The van der Waals surface area contributed by atoms with Crippen LogP contribution >= 0.6 is 0 Å². The van der Waals surface area contributed by atoms with Gasteiger partial charge in [-0.1, -0.05) is 6.92 Å². The van der Waals surface area contributed by atoms with Crippen molar-refractivity contribution in [2.45, 2.75) is 19.4 Å². The summed E-state index contributed by atoms with van der Waals surface area (Å²) in [5, 5.41) is 22.7. The minimum atomic E-state index is -0.537. The zero-order valence-corrected chi connectivity index (χ0v) is 11.0. The summed E-state index contributed by atoms with van der Waals surface area (Å²) in [5.74, 6) is -0.0824. The standard InChI is InChI=1S/C13H14N4O3/c1-2-11-13(18)15-5-6-16(11)12-4-3-10(17(19)20)7-9(12)8-14/h3-4,7,11H,2,5-6H2,1H3,(H,15,18). The molecule has 1 aromatic carbocycles. The van der Waals surface area contributed by atoms with Gasteiger partial charge in [0.05, 0.1) is 16.2 Å². The van der Waals surface area contributed by atoms with Crippen molar-refractivity contribution < 1.29 is 9.72 Å². The van der Waals surface area contributed by atoms with Crippen molar-refractivity contribution in [1.29, 1.82) is 5.26 Å². The molecule has 0 radical (unpaired) electrons. The summed E-state index contributed by atoms with van der Waals surface area (Å²) in [6.45, 7) is 2.97. The van der Waals surface area contributed by atoms with Crippen molar-refractivity contribution in [3.8, 4) is 6.07 Å². The molecule has 20 heavy (non-hydrogen) atoms. The number of nitrogens with zero attached hydrogens (tertiary/aromatic N) is 3. The Morgan fingerprint density at radius 3 is 2.95 bits per heavy atom. The third-order valence-electron chi connectivity index (χ3n) is 3.34. The highest BCUT2D eigenvalue weighted by Gasteiger charge is 2.30. The van der Waals surface area contributed by atoms with Gasteiger partial charge in [-0.3, -0.25) is 14.9 Å². The molecule has 7 heteroatoms. The van der Waals surface area contributed by atoms with Gasteiger partial charge in [0.15, 0.2) is 0 Å². The molecule has 0 bridgehead atoms. The minimum Gasteiger partial charge on any atom is -0.357 e. The molecule has 1 N–H and O–H groups in total. The molecule has 1 aliphatic heterocycles. The maximum Gasteiger partial charge on any atom is 0.270 e. The quantitative estimate of drug-likeness (QED) is 0.659. The number of carbonyl (C=O) groups is 1. The van der Waals surface area contributed by atoms with E-state index in [9.17, 15) is 20.2 Å². The minimum absolute atomic E-state index is 0.0824. The number of carbonyl (C=O) groups excluding carboxylic acids is 1. The predicted octanol–water partition coefficient (Wildman–Crippen LogP) is 1.18. The molecule has 0 spiro atoms. The van der Waals surface area contributed by atoms with Crippen LogP contribution in [0.5, 0.6) is 0 Å². The Labute approximate surface area is 115 Å². The Morgan fingerprint density at radius 2 is 2.35 bits per heavy atom. The summed E-state index contributed by atoms with van der Waals surface area (Å²) in [6, 6.07) is 5.76. The van der Waals surface area contributed by atoms with Gasteiger partial charge in [0.2, 0.25) is 5.91 Å². The van der Waals surface area contributed by atoms with E-state index >= 15 is 0 Å². The van der Waals surface area contributed by atoms with Crippen LogP contribution in [0.4, 0.5) is 11.4 Å². The normalized spacial score (nSPS) is 18.3. The number of hydrogen-bond acceptors (Lipinski definition) is 5. The first-order valence-corrected chi connectivity index (χ1v) is 6.31. The molecule has 1 saturated heterocycles. The Kier molecular flexibility index (Phi) is 3.84. The topological polar surface area (TPSA) is 99.3 Å². The Bertz CT molecular complexity index is 594. The Hall–Kier alpha value is -2.62. The largest absolute Gasteiger partial charge is 0.357 e. The molecular weight excluding hydrogens is 260 g/mol. The molecule has 1 heterocycles. The number of nitrogens with one attached hydrogen (secondary N) is 1. The molecule has 7 nitrogen and oxygen atoms in total. The fraction of sp³-hybridized carbons (Fsp3) is 0.385. The van der Waals surface area contributed by atoms with Gasteiger partial charge in [-0.15, -0.1) is 0 Å². The van der Waals surface area contributed by atoms with E-state index in [0.717, 1.165) is 0 Å². The molecular formula is C13H14N4O3. The SMILES string of the molecule is CCC1C(=O)NCCN1c1ccc([N+](=O)[O-])cc1C#N. The number of benzene rings is 1. The summed E-state index contributed by atoms with van der Waals surface area (Å²) in [7, 11) is 0. The summed E-state index contributed by atoms with van der Waals surface area (Å²) in [4.78, 5) is 23.9. The smallest absolute Gasteiger partial charge is 0.270 e. The molecule has 1 aromatic rings. The number of nitro benzene ring substituents is 1. The number of nitro groups is 1. The lowest BCUT2D eigenvalue weighted by Gasteiger charge is -2.36. The summed E-state index contributed by atoms with van der Waals surface area (Å²) in [5.41, 5.74) is 0.659. The predicted molar refractivity (Wildman–Crippen MR) is 72.2 cm³/mol. The van der Waals surface area contributed by atoms with E-state index in [0.29, 0.717) is 25.2 Å². The molecule has 2 rings (SSSR count). The maximum atomic E-state index is 11.8. The third-order valence-corrected chi connectivity index (χ3v) is 3.34. The molecule has 0 aliphatic carbocycles. The van der Waals surface area contributed by atoms with Crippen molar-refractivity contribution in [2.75, 3.05) is 18.0 Å². The fourth-order valence-electron chi connectivity index (χ4n) is 2.39. The summed E-state index contributed by atoms with van der Waals surface area (Å²) >= 11 is 0. The molecule has 0 saturated carbocycles. The van der Waals surface area contributed by atoms with E-state index in [-0.39, 0.29) is 23.2 Å². The van der Waals surface area contributed by atoms with Crippen LogP contribution in [0.3, 0.4) is 0 Å². The van der Waals surface area contributed by atoms with Crippen molar-refractivity contribution in [3.05, 3.63) is 33.9 Å². The average molecular weight is 274 g/mol. The van der Waals surface area contributed by atoms with Gasteiger partial charge in [-0.05, 0) is 12.5 Å². The Morgan fingerprint density at radius 1 is 1.60 bits per heavy atom. The molecule has 1 amide bonds. The van der Waals surface area contributed by atoms with Gasteiger partial charge in [-0.2, -0.15) is 5.26 Å². The number of nitriles is 1. The van der Waals surface area contributed by atoms with Crippen LogP contribution in [0.2, 0.25) is 0 Å². The number of amides is 1. The molecule has 1 fully saturated rings. The van der Waals surface area contributed by atoms with Crippen LogP contribution in [-0.4, -0.2) is 30.0 Å². The number of piperazine rings is 1. The van der Waals surface area contributed by atoms with Gasteiger partial charge in [-0.25, -0.2) is 0 Å². The highest BCUT2D eigenvalue weighted by atomic mass is 16.6. The van der Waals surface area contributed by atoms with E-state index in [1.165, 1.54) is 18.2 Å². The average Bonchev–Trinajstić information content (AvgIpc) is 2.46.